The lowest BCUT2D eigenvalue weighted by molar-refractivity contribution is 0.357. The molecule has 1 atom stereocenters. The monoisotopic (exact) mass is 448 g/mol. The fourth-order valence-corrected chi connectivity index (χ4v) is 5.40. The normalized spacial score (nSPS) is 22.0. The molecule has 168 valence electrons. The fraction of sp³-hybridized carbons (Fsp3) is 0.407. The van der Waals surface area contributed by atoms with Gasteiger partial charge < -0.3 is 9.88 Å². The molecule has 1 aromatic carbocycles. The fourth-order valence-electron chi connectivity index (χ4n) is 5.22. The van der Waals surface area contributed by atoms with E-state index in [0.29, 0.717) is 5.92 Å². The highest BCUT2D eigenvalue weighted by atomic mass is 35.5. The zero-order valence-corrected chi connectivity index (χ0v) is 19.9. The van der Waals surface area contributed by atoms with Gasteiger partial charge >= 0.3 is 0 Å². The van der Waals surface area contributed by atoms with Crippen LogP contribution in [-0.4, -0.2) is 28.4 Å². The van der Waals surface area contributed by atoms with Gasteiger partial charge in [-0.3, -0.25) is 4.99 Å². The van der Waals surface area contributed by atoms with E-state index in [4.69, 9.17) is 16.6 Å². The minimum Gasteiger partial charge on any atom is -0.335 e. The number of aryl methyl sites for hydroxylation is 2. The summed E-state index contributed by atoms with van der Waals surface area (Å²) in [4.78, 5) is 9.25. The van der Waals surface area contributed by atoms with Crippen molar-refractivity contribution in [3.63, 3.8) is 0 Å². The zero-order chi connectivity index (χ0) is 22.5. The van der Waals surface area contributed by atoms with Crippen LogP contribution in [0.2, 0.25) is 5.02 Å². The van der Waals surface area contributed by atoms with Gasteiger partial charge in [0.15, 0.2) is 0 Å². The predicted octanol–water partition coefficient (Wildman–Crippen LogP) is 6.34. The standard InChI is InChI=1S/C27H33ClN4/c1-4-24-21(7-6-15-32-16-14-31-19(32)3)17-22-18-23(28)8-9-25(22)26(27(24)30-5-2)20-10-12-29-13-11-20/h4-5,8-9,14,16-18,20,26,29H,2,6-7,10-13,15H2,1,3H3/b24-4-,30-27?. The first-order valence-electron chi connectivity index (χ1n) is 11.7. The number of piperidine rings is 1. The van der Waals surface area contributed by atoms with Crippen LogP contribution in [-0.2, 0) is 6.54 Å². The highest BCUT2D eigenvalue weighted by Crippen LogP contribution is 2.42. The molecular formula is C27H33ClN4. The van der Waals surface area contributed by atoms with E-state index in [-0.39, 0.29) is 5.92 Å². The summed E-state index contributed by atoms with van der Waals surface area (Å²) in [5.41, 5.74) is 6.29. The van der Waals surface area contributed by atoms with Gasteiger partial charge in [-0.15, -0.1) is 0 Å². The molecule has 0 spiro atoms. The summed E-state index contributed by atoms with van der Waals surface area (Å²) in [5.74, 6) is 1.85. The predicted molar refractivity (Wildman–Crippen MR) is 135 cm³/mol. The van der Waals surface area contributed by atoms with Gasteiger partial charge in [-0.1, -0.05) is 36.4 Å². The minimum absolute atomic E-state index is 0.248. The molecule has 0 bridgehead atoms. The molecule has 32 heavy (non-hydrogen) atoms. The summed E-state index contributed by atoms with van der Waals surface area (Å²) < 4.78 is 2.22. The summed E-state index contributed by atoms with van der Waals surface area (Å²) in [5, 5.41) is 4.29. The summed E-state index contributed by atoms with van der Waals surface area (Å²) in [6.07, 6.45) is 14.5. The molecule has 1 aromatic heterocycles. The molecule has 2 heterocycles. The number of benzene rings is 1. The SMILES string of the molecule is C=CN=C1/C(=C\C)C(CCCn2ccnc2C)=Cc2cc(Cl)ccc2C1C1CCNCC1. The number of aromatic nitrogens is 2. The number of nitrogens with zero attached hydrogens (tertiary/aromatic N) is 3. The Kier molecular flexibility index (Phi) is 7.44. The minimum atomic E-state index is 0.248. The second kappa shape index (κ2) is 10.5. The summed E-state index contributed by atoms with van der Waals surface area (Å²) >= 11 is 6.46. The molecule has 1 fully saturated rings. The first-order chi connectivity index (χ1) is 15.6. The maximum absolute atomic E-state index is 6.46. The molecule has 0 amide bonds. The van der Waals surface area contributed by atoms with Crippen molar-refractivity contribution >= 4 is 23.4 Å². The van der Waals surface area contributed by atoms with Crippen LogP contribution in [0.1, 0.15) is 55.5 Å². The van der Waals surface area contributed by atoms with Crippen LogP contribution in [0.15, 0.2) is 65.6 Å². The van der Waals surface area contributed by atoms with Gasteiger partial charge in [-0.05, 0) is 92.9 Å². The lowest BCUT2D eigenvalue weighted by atomic mass is 9.75. The Bertz CT molecular complexity index is 1050. The molecule has 1 unspecified atom stereocenters. The highest BCUT2D eigenvalue weighted by Gasteiger charge is 2.34. The van der Waals surface area contributed by atoms with Gasteiger partial charge in [0.1, 0.15) is 5.82 Å². The van der Waals surface area contributed by atoms with Crippen molar-refractivity contribution in [2.45, 2.75) is 52.0 Å². The van der Waals surface area contributed by atoms with Crippen molar-refractivity contribution in [2.75, 3.05) is 13.1 Å². The summed E-state index contributed by atoms with van der Waals surface area (Å²) in [7, 11) is 0. The Morgan fingerprint density at radius 2 is 2.12 bits per heavy atom. The number of imidazole rings is 1. The number of allylic oxidation sites excluding steroid dienone is 3. The van der Waals surface area contributed by atoms with Gasteiger partial charge in [0, 0.05) is 36.1 Å². The van der Waals surface area contributed by atoms with E-state index in [1.165, 1.54) is 22.3 Å². The van der Waals surface area contributed by atoms with Crippen molar-refractivity contribution in [3.05, 3.63) is 82.6 Å². The molecule has 2 aromatic rings. The van der Waals surface area contributed by atoms with Crippen molar-refractivity contribution in [2.24, 2.45) is 10.9 Å². The van der Waals surface area contributed by atoms with Gasteiger partial charge in [-0.25, -0.2) is 4.98 Å². The molecule has 1 aliphatic heterocycles. The zero-order valence-electron chi connectivity index (χ0n) is 19.1. The second-order valence-electron chi connectivity index (χ2n) is 8.68. The number of fused-ring (bicyclic) bond motifs is 1. The lowest BCUT2D eigenvalue weighted by Crippen LogP contribution is -2.34. The third-order valence-corrected chi connectivity index (χ3v) is 7.01. The van der Waals surface area contributed by atoms with Crippen LogP contribution < -0.4 is 5.32 Å². The average Bonchev–Trinajstić information content (AvgIpc) is 3.15. The highest BCUT2D eigenvalue weighted by molar-refractivity contribution is 6.30. The Morgan fingerprint density at radius 1 is 1.31 bits per heavy atom. The number of aliphatic imine (C=N–C) groups is 1. The molecule has 1 N–H and O–H groups in total. The maximum atomic E-state index is 6.46. The van der Waals surface area contributed by atoms with Crippen molar-refractivity contribution in [3.8, 4) is 0 Å². The number of rotatable bonds is 6. The van der Waals surface area contributed by atoms with Crippen LogP contribution >= 0.6 is 11.6 Å². The van der Waals surface area contributed by atoms with Gasteiger partial charge in [0.05, 0.1) is 5.71 Å². The Balaban J connectivity index is 1.73. The van der Waals surface area contributed by atoms with E-state index >= 15 is 0 Å². The molecule has 0 radical (unpaired) electrons. The first-order valence-corrected chi connectivity index (χ1v) is 12.0. The number of hydrogen-bond acceptors (Lipinski definition) is 3. The smallest absolute Gasteiger partial charge is 0.105 e. The van der Waals surface area contributed by atoms with Crippen molar-refractivity contribution in [1.29, 1.82) is 0 Å². The van der Waals surface area contributed by atoms with E-state index in [9.17, 15) is 0 Å². The second-order valence-corrected chi connectivity index (χ2v) is 9.12. The van der Waals surface area contributed by atoms with Gasteiger partial charge in [-0.2, -0.15) is 0 Å². The largest absolute Gasteiger partial charge is 0.335 e. The van der Waals surface area contributed by atoms with Crippen LogP contribution in [0, 0.1) is 12.8 Å². The average molecular weight is 449 g/mol. The molecule has 1 saturated heterocycles. The molecule has 1 aliphatic carbocycles. The maximum Gasteiger partial charge on any atom is 0.105 e. The molecule has 4 nitrogen and oxygen atoms in total. The molecule has 5 heteroatoms. The van der Waals surface area contributed by atoms with Crippen molar-refractivity contribution < 1.29 is 0 Å². The van der Waals surface area contributed by atoms with E-state index in [0.717, 1.165) is 61.9 Å². The summed E-state index contributed by atoms with van der Waals surface area (Å²) in [6.45, 7) is 11.2. The van der Waals surface area contributed by atoms with Crippen LogP contribution in [0.25, 0.3) is 6.08 Å². The third-order valence-electron chi connectivity index (χ3n) is 6.77. The third kappa shape index (κ3) is 4.82. The number of halogens is 1. The Labute approximate surface area is 196 Å². The number of nitrogens with one attached hydrogen (secondary N) is 1. The van der Waals surface area contributed by atoms with Crippen LogP contribution in [0.4, 0.5) is 0 Å². The lowest BCUT2D eigenvalue weighted by Gasteiger charge is -2.33. The quantitative estimate of drug-likeness (QED) is 0.560. The van der Waals surface area contributed by atoms with E-state index < -0.39 is 0 Å². The summed E-state index contributed by atoms with van der Waals surface area (Å²) in [6, 6.07) is 6.36. The van der Waals surface area contributed by atoms with Crippen LogP contribution in [0.5, 0.6) is 0 Å². The van der Waals surface area contributed by atoms with Gasteiger partial charge in [0.2, 0.25) is 0 Å². The van der Waals surface area contributed by atoms with E-state index in [2.05, 4.69) is 65.8 Å². The van der Waals surface area contributed by atoms with E-state index in [1.807, 2.05) is 12.3 Å². The number of hydrogen-bond donors (Lipinski definition) is 1. The Morgan fingerprint density at radius 3 is 2.81 bits per heavy atom. The molecular weight excluding hydrogens is 416 g/mol. The molecule has 4 rings (SSSR count). The van der Waals surface area contributed by atoms with Crippen LogP contribution in [0.3, 0.4) is 0 Å². The molecule has 2 aliphatic rings. The molecule has 0 saturated carbocycles. The first kappa shape index (κ1) is 22.8. The van der Waals surface area contributed by atoms with E-state index in [1.54, 1.807) is 6.20 Å². The van der Waals surface area contributed by atoms with Crippen molar-refractivity contribution in [1.82, 2.24) is 14.9 Å². The Hall–Kier alpha value is -2.43. The van der Waals surface area contributed by atoms with Gasteiger partial charge in [0.25, 0.3) is 0 Å². The topological polar surface area (TPSA) is 42.2 Å².